The minimum atomic E-state index is 0.408. The van der Waals surface area contributed by atoms with E-state index in [1.54, 1.807) is 0 Å². The molecule has 2 aliphatic carbocycles. The van der Waals surface area contributed by atoms with Gasteiger partial charge in [-0.1, -0.05) is 71.5 Å². The molecule has 0 aromatic heterocycles. The number of aryl methyl sites for hydroxylation is 4. The highest BCUT2D eigenvalue weighted by atomic mass is 16.1. The second-order valence-electron chi connectivity index (χ2n) is 10.4. The topological polar surface area (TPSA) is 17.1 Å². The van der Waals surface area contributed by atoms with Crippen molar-refractivity contribution in [3.8, 4) is 0 Å². The van der Waals surface area contributed by atoms with Crippen LogP contribution in [-0.2, 0) is 4.79 Å². The molecule has 0 amide bonds. The normalized spacial score (nSPS) is 19.1. The van der Waals surface area contributed by atoms with Crippen molar-refractivity contribution in [3.63, 3.8) is 0 Å². The van der Waals surface area contributed by atoms with E-state index in [9.17, 15) is 4.79 Å². The number of Topliss-reactive ketones (excluding diaryl/α,β-unsaturated/α-hetero) is 1. The van der Waals surface area contributed by atoms with Crippen LogP contribution < -0.4 is 0 Å². The first-order valence-electron chi connectivity index (χ1n) is 12.1. The van der Waals surface area contributed by atoms with Crippen LogP contribution in [0.3, 0.4) is 0 Å². The molecule has 0 spiro atoms. The third-order valence-corrected chi connectivity index (χ3v) is 7.68. The largest absolute Gasteiger partial charge is 0.300 e. The third-order valence-electron chi connectivity index (χ3n) is 7.68. The van der Waals surface area contributed by atoms with Gasteiger partial charge in [0.1, 0.15) is 5.78 Å². The highest BCUT2D eigenvalue weighted by Crippen LogP contribution is 2.45. The van der Waals surface area contributed by atoms with Crippen LogP contribution in [0.2, 0.25) is 0 Å². The van der Waals surface area contributed by atoms with Crippen molar-refractivity contribution in [1.29, 1.82) is 0 Å². The smallest absolute Gasteiger partial charge is 0.134 e. The molecular formula is C29H38O. The molecule has 0 aliphatic heterocycles. The van der Waals surface area contributed by atoms with Crippen molar-refractivity contribution in [2.24, 2.45) is 11.8 Å². The highest BCUT2D eigenvalue weighted by Gasteiger charge is 2.34. The lowest BCUT2D eigenvalue weighted by molar-refractivity contribution is -0.120. The van der Waals surface area contributed by atoms with Gasteiger partial charge in [-0.3, -0.25) is 4.79 Å². The van der Waals surface area contributed by atoms with E-state index >= 15 is 0 Å². The van der Waals surface area contributed by atoms with Gasteiger partial charge in [0.25, 0.3) is 0 Å². The fourth-order valence-corrected chi connectivity index (χ4v) is 5.82. The Bertz CT molecular complexity index is 787. The van der Waals surface area contributed by atoms with E-state index in [0.717, 1.165) is 12.8 Å². The standard InChI is InChI=1S/C29H38O/c1-19-11-20(2)14-25(13-19)28(23-7-5-8-23)17-27(30)18-29(24-9-6-10-24)26-15-21(3)12-22(4)16-26/h11-16,23-24,28-29H,5-10,17-18H2,1-4H3/t28-,29-/m1/s1. The predicted octanol–water partition coefficient (Wildman–Crippen LogP) is 7.74. The van der Waals surface area contributed by atoms with Crippen molar-refractivity contribution in [1.82, 2.24) is 0 Å². The average molecular weight is 403 g/mol. The molecule has 2 atom stereocenters. The Labute approximate surface area is 183 Å². The van der Waals surface area contributed by atoms with Crippen molar-refractivity contribution in [2.75, 3.05) is 0 Å². The molecule has 1 heteroatoms. The first kappa shape index (κ1) is 21.3. The Kier molecular flexibility index (Phi) is 6.46. The van der Waals surface area contributed by atoms with Crippen molar-refractivity contribution in [3.05, 3.63) is 69.8 Å². The summed E-state index contributed by atoms with van der Waals surface area (Å²) in [6.07, 6.45) is 9.24. The molecule has 0 N–H and O–H groups in total. The van der Waals surface area contributed by atoms with Crippen molar-refractivity contribution >= 4 is 5.78 Å². The SMILES string of the molecule is Cc1cc(C)cc([C@H](CC(=O)C[C@@H](c2cc(C)cc(C)c2)C2CCC2)C2CCC2)c1. The van der Waals surface area contributed by atoms with Crippen molar-refractivity contribution < 1.29 is 4.79 Å². The summed E-state index contributed by atoms with van der Waals surface area (Å²) >= 11 is 0. The fraction of sp³-hybridized carbons (Fsp3) is 0.552. The van der Waals surface area contributed by atoms with Crippen LogP contribution in [0.1, 0.15) is 96.6 Å². The van der Waals surface area contributed by atoms with Crippen LogP contribution in [0, 0.1) is 39.5 Å². The zero-order valence-electron chi connectivity index (χ0n) is 19.3. The summed E-state index contributed by atoms with van der Waals surface area (Å²) in [7, 11) is 0. The van der Waals surface area contributed by atoms with Gasteiger partial charge in [0.2, 0.25) is 0 Å². The Hall–Kier alpha value is -1.89. The van der Waals surface area contributed by atoms with E-state index in [4.69, 9.17) is 0 Å². The lowest BCUT2D eigenvalue weighted by Crippen LogP contribution is -2.26. The summed E-state index contributed by atoms with van der Waals surface area (Å²) in [5, 5.41) is 0. The Morgan fingerprint density at radius 1 is 0.667 bits per heavy atom. The van der Waals surface area contributed by atoms with E-state index < -0.39 is 0 Å². The molecule has 30 heavy (non-hydrogen) atoms. The first-order chi connectivity index (χ1) is 14.4. The summed E-state index contributed by atoms with van der Waals surface area (Å²) in [5.41, 5.74) is 8.09. The minimum absolute atomic E-state index is 0.408. The number of carbonyl (C=O) groups excluding carboxylic acids is 1. The lowest BCUT2D eigenvalue weighted by atomic mass is 9.68. The van der Waals surface area contributed by atoms with Gasteiger partial charge in [0.05, 0.1) is 0 Å². The van der Waals surface area contributed by atoms with E-state index in [1.807, 2.05) is 0 Å². The maximum atomic E-state index is 13.4. The van der Waals surface area contributed by atoms with Crippen LogP contribution in [0.15, 0.2) is 36.4 Å². The van der Waals surface area contributed by atoms with E-state index in [0.29, 0.717) is 29.5 Å². The van der Waals surface area contributed by atoms with Crippen LogP contribution in [-0.4, -0.2) is 5.78 Å². The van der Waals surface area contributed by atoms with E-state index in [1.165, 1.54) is 71.9 Å². The van der Waals surface area contributed by atoms with Gasteiger partial charge in [0.15, 0.2) is 0 Å². The predicted molar refractivity (Wildman–Crippen MR) is 126 cm³/mol. The number of carbonyl (C=O) groups is 1. The van der Waals surface area contributed by atoms with Gasteiger partial charge >= 0.3 is 0 Å². The molecule has 0 heterocycles. The van der Waals surface area contributed by atoms with Crippen LogP contribution in [0.25, 0.3) is 0 Å². The maximum Gasteiger partial charge on any atom is 0.134 e. The number of benzene rings is 2. The second kappa shape index (κ2) is 9.08. The van der Waals surface area contributed by atoms with Gasteiger partial charge in [-0.05, 0) is 88.2 Å². The van der Waals surface area contributed by atoms with Crippen LogP contribution >= 0.6 is 0 Å². The molecule has 2 saturated carbocycles. The molecule has 4 rings (SSSR count). The van der Waals surface area contributed by atoms with Gasteiger partial charge in [0, 0.05) is 12.8 Å². The van der Waals surface area contributed by atoms with Gasteiger partial charge in [-0.15, -0.1) is 0 Å². The number of hydrogen-bond donors (Lipinski definition) is 0. The van der Waals surface area contributed by atoms with Crippen LogP contribution in [0.5, 0.6) is 0 Å². The lowest BCUT2D eigenvalue weighted by Gasteiger charge is -2.36. The summed E-state index contributed by atoms with van der Waals surface area (Å²) in [5.74, 6) is 2.68. The molecule has 0 bridgehead atoms. The zero-order chi connectivity index (χ0) is 21.3. The van der Waals surface area contributed by atoms with Gasteiger partial charge in [-0.25, -0.2) is 0 Å². The molecule has 0 radical (unpaired) electrons. The number of ketones is 1. The van der Waals surface area contributed by atoms with Gasteiger partial charge in [-0.2, -0.15) is 0 Å². The van der Waals surface area contributed by atoms with E-state index in [-0.39, 0.29) is 0 Å². The monoisotopic (exact) mass is 402 g/mol. The summed E-state index contributed by atoms with van der Waals surface area (Å²) in [6, 6.07) is 13.8. The first-order valence-corrected chi connectivity index (χ1v) is 12.1. The quantitative estimate of drug-likeness (QED) is 0.441. The highest BCUT2D eigenvalue weighted by molar-refractivity contribution is 5.80. The molecule has 160 valence electrons. The summed E-state index contributed by atoms with van der Waals surface area (Å²) in [6.45, 7) is 8.73. The Morgan fingerprint density at radius 3 is 1.27 bits per heavy atom. The molecule has 2 fully saturated rings. The Morgan fingerprint density at radius 2 is 1.00 bits per heavy atom. The summed E-state index contributed by atoms with van der Waals surface area (Å²) in [4.78, 5) is 13.4. The molecule has 0 saturated heterocycles. The molecular weight excluding hydrogens is 364 g/mol. The molecule has 2 aromatic rings. The third kappa shape index (κ3) is 4.88. The van der Waals surface area contributed by atoms with E-state index in [2.05, 4.69) is 64.1 Å². The number of rotatable bonds is 8. The van der Waals surface area contributed by atoms with Gasteiger partial charge < -0.3 is 0 Å². The molecule has 1 nitrogen and oxygen atoms in total. The zero-order valence-corrected chi connectivity index (χ0v) is 19.3. The summed E-state index contributed by atoms with van der Waals surface area (Å²) < 4.78 is 0. The molecule has 2 aliphatic rings. The fourth-order valence-electron chi connectivity index (χ4n) is 5.82. The van der Waals surface area contributed by atoms with Crippen molar-refractivity contribution in [2.45, 2.75) is 90.9 Å². The minimum Gasteiger partial charge on any atom is -0.300 e. The second-order valence-corrected chi connectivity index (χ2v) is 10.4. The average Bonchev–Trinajstić information content (AvgIpc) is 2.55. The molecule has 2 aromatic carbocycles. The molecule has 0 unspecified atom stereocenters. The van der Waals surface area contributed by atoms with Crippen LogP contribution in [0.4, 0.5) is 0 Å². The number of hydrogen-bond acceptors (Lipinski definition) is 1. The maximum absolute atomic E-state index is 13.4. The Balaban J connectivity index is 1.53.